The Morgan fingerprint density at radius 1 is 1.39 bits per heavy atom. The van der Waals surface area contributed by atoms with Gasteiger partial charge in [0, 0.05) is 23.6 Å². The summed E-state index contributed by atoms with van der Waals surface area (Å²) >= 11 is 3.35. The van der Waals surface area contributed by atoms with Crippen LogP contribution in [0.5, 0.6) is 0 Å². The molecular weight excluding hydrogens is 294 g/mol. The fourth-order valence-corrected chi connectivity index (χ4v) is 1.68. The molecule has 0 aromatic heterocycles. The molecule has 18 heavy (non-hydrogen) atoms. The number of carbonyl (C=O) groups is 1. The van der Waals surface area contributed by atoms with Gasteiger partial charge in [-0.3, -0.25) is 4.79 Å². The van der Waals surface area contributed by atoms with Crippen LogP contribution in [0.1, 0.15) is 5.56 Å². The molecule has 1 rings (SSSR count). The molecule has 0 aliphatic carbocycles. The van der Waals surface area contributed by atoms with E-state index in [0.29, 0.717) is 13.1 Å². The number of benzene rings is 1. The second-order valence-corrected chi connectivity index (χ2v) is 4.60. The van der Waals surface area contributed by atoms with Gasteiger partial charge in [0.2, 0.25) is 5.91 Å². The first kappa shape index (κ1) is 14.7. The third kappa shape index (κ3) is 4.85. The maximum atomic E-state index is 11.8. The minimum absolute atomic E-state index is 0.0499. The Labute approximate surface area is 116 Å². The highest BCUT2D eigenvalue weighted by atomic mass is 79.9. The Bertz CT molecular complexity index is 426. The molecule has 0 atom stereocenters. The molecular formula is C14H16BrNO2. The summed E-state index contributed by atoms with van der Waals surface area (Å²) in [5.41, 5.74) is 0.953. The van der Waals surface area contributed by atoms with E-state index in [4.69, 9.17) is 5.11 Å². The predicted octanol–water partition coefficient (Wildman–Crippen LogP) is 2.47. The van der Waals surface area contributed by atoms with Gasteiger partial charge < -0.3 is 10.0 Å². The molecule has 1 aromatic rings. The zero-order valence-corrected chi connectivity index (χ0v) is 11.6. The number of nitrogens with zero attached hydrogens (tertiary/aromatic N) is 1. The second kappa shape index (κ2) is 7.84. The van der Waals surface area contributed by atoms with E-state index in [0.717, 1.165) is 10.0 Å². The first-order chi connectivity index (χ1) is 8.67. The maximum Gasteiger partial charge on any atom is 0.246 e. The van der Waals surface area contributed by atoms with Gasteiger partial charge in [-0.25, -0.2) is 0 Å². The Morgan fingerprint density at radius 2 is 2.06 bits per heavy atom. The van der Waals surface area contributed by atoms with Crippen molar-refractivity contribution >= 4 is 27.9 Å². The standard InChI is InChI=1S/C14H16BrNO2/c1-2-9-16(10-11-17)14(18)8-5-12-3-6-13(15)7-4-12/h2-8,17H,1,9-11H2/b8-5+. The molecule has 0 aliphatic rings. The molecule has 0 aliphatic heterocycles. The van der Waals surface area contributed by atoms with Gasteiger partial charge in [0.1, 0.15) is 0 Å². The van der Waals surface area contributed by atoms with Crippen LogP contribution >= 0.6 is 15.9 Å². The SMILES string of the molecule is C=CCN(CCO)C(=O)/C=C/c1ccc(Br)cc1. The van der Waals surface area contributed by atoms with Gasteiger partial charge in [-0.15, -0.1) is 6.58 Å². The van der Waals surface area contributed by atoms with Crippen LogP contribution in [0.3, 0.4) is 0 Å². The lowest BCUT2D eigenvalue weighted by Crippen LogP contribution is -2.32. The predicted molar refractivity (Wildman–Crippen MR) is 77.0 cm³/mol. The molecule has 1 amide bonds. The molecule has 0 radical (unpaired) electrons. The smallest absolute Gasteiger partial charge is 0.246 e. The molecule has 0 saturated heterocycles. The summed E-state index contributed by atoms with van der Waals surface area (Å²) in [5, 5.41) is 8.87. The second-order valence-electron chi connectivity index (χ2n) is 3.68. The van der Waals surface area contributed by atoms with Gasteiger partial charge in [0.25, 0.3) is 0 Å². The highest BCUT2D eigenvalue weighted by molar-refractivity contribution is 9.10. The van der Waals surface area contributed by atoms with Crippen LogP contribution in [-0.4, -0.2) is 35.6 Å². The number of halogens is 1. The van der Waals surface area contributed by atoms with Gasteiger partial charge in [0.15, 0.2) is 0 Å². The lowest BCUT2D eigenvalue weighted by molar-refractivity contribution is -0.125. The molecule has 0 bridgehead atoms. The Kier molecular flexibility index (Phi) is 6.39. The van der Waals surface area contributed by atoms with Gasteiger partial charge in [0.05, 0.1) is 6.61 Å². The average Bonchev–Trinajstić information content (AvgIpc) is 2.37. The van der Waals surface area contributed by atoms with E-state index in [-0.39, 0.29) is 12.5 Å². The molecule has 0 saturated carbocycles. The lowest BCUT2D eigenvalue weighted by Gasteiger charge is -2.17. The van der Waals surface area contributed by atoms with E-state index in [1.807, 2.05) is 24.3 Å². The zero-order valence-electron chi connectivity index (χ0n) is 10.1. The fourth-order valence-electron chi connectivity index (χ4n) is 1.41. The number of aliphatic hydroxyl groups excluding tert-OH is 1. The Balaban J connectivity index is 2.66. The van der Waals surface area contributed by atoms with Crippen LogP contribution < -0.4 is 0 Å². The van der Waals surface area contributed by atoms with E-state index >= 15 is 0 Å². The topological polar surface area (TPSA) is 40.5 Å². The van der Waals surface area contributed by atoms with Crippen molar-refractivity contribution in [3.8, 4) is 0 Å². The van der Waals surface area contributed by atoms with E-state index in [9.17, 15) is 4.79 Å². The molecule has 0 spiro atoms. The summed E-state index contributed by atoms with van der Waals surface area (Å²) in [7, 11) is 0. The minimum atomic E-state index is -0.133. The molecule has 0 heterocycles. The van der Waals surface area contributed by atoms with Gasteiger partial charge in [-0.1, -0.05) is 34.1 Å². The Morgan fingerprint density at radius 3 is 2.61 bits per heavy atom. The van der Waals surface area contributed by atoms with Crippen LogP contribution in [0.15, 0.2) is 47.5 Å². The molecule has 3 nitrogen and oxygen atoms in total. The molecule has 1 aromatic carbocycles. The number of rotatable bonds is 6. The molecule has 1 N–H and O–H groups in total. The summed E-state index contributed by atoms with van der Waals surface area (Å²) in [5.74, 6) is -0.133. The molecule has 0 unspecified atom stereocenters. The molecule has 4 heteroatoms. The summed E-state index contributed by atoms with van der Waals surface area (Å²) in [6.45, 7) is 4.29. The number of hydrogen-bond acceptors (Lipinski definition) is 2. The summed E-state index contributed by atoms with van der Waals surface area (Å²) in [4.78, 5) is 13.4. The van der Waals surface area contributed by atoms with Crippen molar-refractivity contribution in [1.29, 1.82) is 0 Å². The third-order valence-corrected chi connectivity index (χ3v) is 2.85. The van der Waals surface area contributed by atoms with E-state index < -0.39 is 0 Å². The van der Waals surface area contributed by atoms with E-state index in [1.54, 1.807) is 12.2 Å². The van der Waals surface area contributed by atoms with Crippen LogP contribution in [-0.2, 0) is 4.79 Å². The fraction of sp³-hybridized carbons (Fsp3) is 0.214. The van der Waals surface area contributed by atoms with Crippen molar-refractivity contribution in [1.82, 2.24) is 4.90 Å². The van der Waals surface area contributed by atoms with Crippen molar-refractivity contribution < 1.29 is 9.90 Å². The summed E-state index contributed by atoms with van der Waals surface area (Å²) < 4.78 is 1.000. The lowest BCUT2D eigenvalue weighted by atomic mass is 10.2. The van der Waals surface area contributed by atoms with Crippen molar-refractivity contribution in [2.75, 3.05) is 19.7 Å². The van der Waals surface area contributed by atoms with E-state index in [1.165, 1.54) is 11.0 Å². The van der Waals surface area contributed by atoms with Crippen molar-refractivity contribution in [3.05, 3.63) is 53.0 Å². The highest BCUT2D eigenvalue weighted by Crippen LogP contribution is 2.11. The first-order valence-electron chi connectivity index (χ1n) is 5.61. The maximum absolute atomic E-state index is 11.8. The van der Waals surface area contributed by atoms with Gasteiger partial charge in [-0.2, -0.15) is 0 Å². The quantitative estimate of drug-likeness (QED) is 0.648. The van der Waals surface area contributed by atoms with E-state index in [2.05, 4.69) is 22.5 Å². The first-order valence-corrected chi connectivity index (χ1v) is 6.41. The number of aliphatic hydroxyl groups is 1. The number of amides is 1. The van der Waals surface area contributed by atoms with Gasteiger partial charge in [-0.05, 0) is 23.8 Å². The van der Waals surface area contributed by atoms with Crippen LogP contribution in [0, 0.1) is 0 Å². The monoisotopic (exact) mass is 309 g/mol. The number of carbonyl (C=O) groups excluding carboxylic acids is 1. The number of hydrogen-bond donors (Lipinski definition) is 1. The van der Waals surface area contributed by atoms with Crippen molar-refractivity contribution in [2.45, 2.75) is 0 Å². The summed E-state index contributed by atoms with van der Waals surface area (Å²) in [6, 6.07) is 7.66. The summed E-state index contributed by atoms with van der Waals surface area (Å²) in [6.07, 6.45) is 4.89. The highest BCUT2D eigenvalue weighted by Gasteiger charge is 2.07. The average molecular weight is 310 g/mol. The minimum Gasteiger partial charge on any atom is -0.395 e. The van der Waals surface area contributed by atoms with Crippen LogP contribution in [0.2, 0.25) is 0 Å². The van der Waals surface area contributed by atoms with Crippen LogP contribution in [0.4, 0.5) is 0 Å². The van der Waals surface area contributed by atoms with Crippen molar-refractivity contribution in [3.63, 3.8) is 0 Å². The molecule has 0 fully saturated rings. The van der Waals surface area contributed by atoms with Gasteiger partial charge >= 0.3 is 0 Å². The normalized spacial score (nSPS) is 10.6. The molecule has 96 valence electrons. The largest absolute Gasteiger partial charge is 0.395 e. The Hall–Kier alpha value is -1.39. The zero-order chi connectivity index (χ0) is 13.4. The van der Waals surface area contributed by atoms with Crippen LogP contribution in [0.25, 0.3) is 6.08 Å². The third-order valence-electron chi connectivity index (χ3n) is 2.32. The van der Waals surface area contributed by atoms with Crippen molar-refractivity contribution in [2.24, 2.45) is 0 Å².